The van der Waals surface area contributed by atoms with Crippen molar-refractivity contribution in [2.75, 3.05) is 25.0 Å². The van der Waals surface area contributed by atoms with Gasteiger partial charge in [-0.25, -0.2) is 9.78 Å². The number of aromatic nitrogens is 2. The van der Waals surface area contributed by atoms with Crippen LogP contribution in [-0.4, -0.2) is 57.6 Å². The van der Waals surface area contributed by atoms with Gasteiger partial charge in [0.1, 0.15) is 6.61 Å². The van der Waals surface area contributed by atoms with Crippen molar-refractivity contribution >= 4 is 23.1 Å². The Kier molecular flexibility index (Phi) is 8.01. The van der Waals surface area contributed by atoms with E-state index in [0.29, 0.717) is 19.7 Å². The van der Waals surface area contributed by atoms with E-state index in [9.17, 15) is 4.79 Å². The third-order valence-corrected chi connectivity index (χ3v) is 7.01. The van der Waals surface area contributed by atoms with Gasteiger partial charge in [-0.3, -0.25) is 4.90 Å². The maximum Gasteiger partial charge on any atom is 0.409 e. The minimum absolute atomic E-state index is 0.0802. The van der Waals surface area contributed by atoms with Crippen LogP contribution in [0.15, 0.2) is 84.9 Å². The van der Waals surface area contributed by atoms with Gasteiger partial charge in [-0.15, -0.1) is 0 Å². The summed E-state index contributed by atoms with van der Waals surface area (Å²) in [6.45, 7) is 5.42. The summed E-state index contributed by atoms with van der Waals surface area (Å²) in [4.78, 5) is 25.0. The number of hydrogen-bond acceptors (Lipinski definition) is 5. The Morgan fingerprint density at radius 1 is 0.973 bits per heavy atom. The molecule has 37 heavy (non-hydrogen) atoms. The van der Waals surface area contributed by atoms with Gasteiger partial charge in [-0.05, 0) is 43.0 Å². The van der Waals surface area contributed by atoms with Crippen LogP contribution in [0.3, 0.4) is 0 Å². The monoisotopic (exact) mass is 497 g/mol. The number of amides is 1. The van der Waals surface area contributed by atoms with Gasteiger partial charge in [0.05, 0.1) is 11.0 Å². The zero-order chi connectivity index (χ0) is 25.5. The fourth-order valence-electron chi connectivity index (χ4n) is 4.81. The quantitative estimate of drug-likeness (QED) is 0.312. The van der Waals surface area contributed by atoms with E-state index < -0.39 is 0 Å². The van der Waals surface area contributed by atoms with E-state index in [1.165, 1.54) is 11.1 Å². The van der Waals surface area contributed by atoms with E-state index >= 15 is 0 Å². The van der Waals surface area contributed by atoms with Crippen molar-refractivity contribution < 1.29 is 9.53 Å². The number of para-hydroxylation sites is 2. The van der Waals surface area contributed by atoms with Crippen molar-refractivity contribution in [1.29, 1.82) is 0 Å². The number of piperidine rings is 1. The molecule has 0 radical (unpaired) electrons. The second kappa shape index (κ2) is 11.9. The first kappa shape index (κ1) is 24.8. The number of H-pyrrole nitrogens is 1. The Hall–Kier alpha value is -3.84. The highest BCUT2D eigenvalue weighted by Crippen LogP contribution is 2.19. The lowest BCUT2D eigenvalue weighted by Gasteiger charge is -2.33. The smallest absolute Gasteiger partial charge is 0.409 e. The first-order chi connectivity index (χ1) is 18.1. The highest BCUT2D eigenvalue weighted by atomic mass is 16.6. The van der Waals surface area contributed by atoms with E-state index in [4.69, 9.17) is 4.74 Å². The van der Waals surface area contributed by atoms with Gasteiger partial charge in [0.15, 0.2) is 0 Å². The Balaban J connectivity index is 1.11. The summed E-state index contributed by atoms with van der Waals surface area (Å²) in [5.41, 5.74) is 4.47. The number of fused-ring (bicyclic) bond motifs is 1. The predicted octanol–water partition coefficient (Wildman–Crippen LogP) is 5.67. The number of benzene rings is 3. The zero-order valence-corrected chi connectivity index (χ0v) is 21.3. The molecule has 2 N–H and O–H groups in total. The summed E-state index contributed by atoms with van der Waals surface area (Å²) >= 11 is 0. The molecule has 0 bridgehead atoms. The highest BCUT2D eigenvalue weighted by Gasteiger charge is 2.25. The van der Waals surface area contributed by atoms with Crippen LogP contribution >= 0.6 is 0 Å². The number of ether oxygens (including phenoxy) is 1. The Morgan fingerprint density at radius 3 is 2.19 bits per heavy atom. The van der Waals surface area contributed by atoms with Crippen LogP contribution in [0.2, 0.25) is 0 Å². The second-order valence-electron chi connectivity index (χ2n) is 9.81. The fourth-order valence-corrected chi connectivity index (χ4v) is 4.81. The van der Waals surface area contributed by atoms with Crippen molar-refractivity contribution in [2.24, 2.45) is 0 Å². The van der Waals surface area contributed by atoms with Gasteiger partial charge in [0.2, 0.25) is 5.95 Å². The molecule has 3 aromatic carbocycles. The van der Waals surface area contributed by atoms with Crippen molar-refractivity contribution in [3.8, 4) is 0 Å². The molecule has 1 amide bonds. The first-order valence-corrected chi connectivity index (χ1v) is 13.1. The Labute approximate surface area is 218 Å². The molecule has 192 valence electrons. The summed E-state index contributed by atoms with van der Waals surface area (Å²) in [6.07, 6.45) is 1.49. The molecule has 0 unspecified atom stereocenters. The molecule has 1 fully saturated rings. The molecule has 0 aliphatic carbocycles. The molecule has 1 saturated heterocycles. The van der Waals surface area contributed by atoms with E-state index in [1.807, 2.05) is 41.3 Å². The molecule has 1 aliphatic rings. The fraction of sp³-hybridized carbons (Fsp3) is 0.333. The first-order valence-electron chi connectivity index (χ1n) is 13.1. The number of nitrogens with one attached hydrogen (secondary N) is 2. The topological polar surface area (TPSA) is 73.5 Å². The van der Waals surface area contributed by atoms with Crippen LogP contribution in [-0.2, 0) is 17.8 Å². The minimum Gasteiger partial charge on any atom is -0.448 e. The second-order valence-corrected chi connectivity index (χ2v) is 9.81. The standard InChI is InChI=1S/C30H35N5O2/c1-23(35(20-24-10-4-2-5-11-24)21-25-12-6-3-7-13-25)22-37-30(36)34-18-16-26(17-19-34)31-29-32-27-14-8-9-15-28(27)33-29/h2-15,23,26H,16-22H2,1H3,(H2,31,32,33)/t23-/m0/s1. The summed E-state index contributed by atoms with van der Waals surface area (Å²) in [6, 6.07) is 29.2. The van der Waals surface area contributed by atoms with Crippen LogP contribution in [0.25, 0.3) is 11.0 Å². The third-order valence-electron chi connectivity index (χ3n) is 7.01. The van der Waals surface area contributed by atoms with Crippen molar-refractivity contribution in [3.63, 3.8) is 0 Å². The van der Waals surface area contributed by atoms with Gasteiger partial charge < -0.3 is 19.9 Å². The van der Waals surface area contributed by atoms with Crippen LogP contribution in [0, 0.1) is 0 Å². The molecule has 1 aromatic heterocycles. The van der Waals surface area contributed by atoms with Crippen molar-refractivity contribution in [2.45, 2.75) is 44.9 Å². The number of carbonyl (C=O) groups is 1. The average molecular weight is 498 g/mol. The predicted molar refractivity (Wildman–Crippen MR) is 147 cm³/mol. The van der Waals surface area contributed by atoms with Crippen LogP contribution in [0.4, 0.5) is 10.7 Å². The number of anilines is 1. The molecule has 2 heterocycles. The SMILES string of the molecule is C[C@@H](COC(=O)N1CCC(Nc2nc3ccccc3[nH]2)CC1)N(Cc1ccccc1)Cc1ccccc1. The number of imidazole rings is 1. The van der Waals surface area contributed by atoms with Crippen LogP contribution in [0.5, 0.6) is 0 Å². The normalized spacial score (nSPS) is 15.1. The van der Waals surface area contributed by atoms with Gasteiger partial charge in [-0.1, -0.05) is 72.8 Å². The number of nitrogens with zero attached hydrogens (tertiary/aromatic N) is 3. The molecule has 0 saturated carbocycles. The molecule has 4 aromatic rings. The third kappa shape index (κ3) is 6.68. The summed E-state index contributed by atoms with van der Waals surface area (Å²) < 4.78 is 5.80. The van der Waals surface area contributed by atoms with E-state index in [2.05, 4.69) is 75.6 Å². The lowest BCUT2D eigenvalue weighted by atomic mass is 10.1. The number of likely N-dealkylation sites (tertiary alicyclic amines) is 1. The molecule has 7 nitrogen and oxygen atoms in total. The van der Waals surface area contributed by atoms with E-state index in [0.717, 1.165) is 42.9 Å². The summed E-state index contributed by atoms with van der Waals surface area (Å²) in [5.74, 6) is 0.785. The van der Waals surface area contributed by atoms with Gasteiger partial charge in [0.25, 0.3) is 0 Å². The van der Waals surface area contributed by atoms with Crippen molar-refractivity contribution in [1.82, 2.24) is 19.8 Å². The zero-order valence-electron chi connectivity index (χ0n) is 21.3. The summed E-state index contributed by atoms with van der Waals surface area (Å²) in [7, 11) is 0. The molecule has 7 heteroatoms. The summed E-state index contributed by atoms with van der Waals surface area (Å²) in [5, 5.41) is 3.49. The number of rotatable bonds is 9. The van der Waals surface area contributed by atoms with Crippen molar-refractivity contribution in [3.05, 3.63) is 96.1 Å². The van der Waals surface area contributed by atoms with Gasteiger partial charge in [-0.2, -0.15) is 0 Å². The maximum atomic E-state index is 12.9. The van der Waals surface area contributed by atoms with E-state index in [-0.39, 0.29) is 18.2 Å². The van der Waals surface area contributed by atoms with E-state index in [1.54, 1.807) is 0 Å². The minimum atomic E-state index is -0.228. The van der Waals surface area contributed by atoms with Gasteiger partial charge in [0, 0.05) is 38.3 Å². The van der Waals surface area contributed by atoms with Crippen LogP contribution < -0.4 is 5.32 Å². The Morgan fingerprint density at radius 2 is 1.57 bits per heavy atom. The molecular weight excluding hydrogens is 462 g/mol. The molecule has 5 rings (SSSR count). The Bertz CT molecular complexity index is 1190. The lowest BCUT2D eigenvalue weighted by Crippen LogP contribution is -2.44. The molecule has 0 spiro atoms. The highest BCUT2D eigenvalue weighted by molar-refractivity contribution is 5.77. The molecular formula is C30H35N5O2. The maximum absolute atomic E-state index is 12.9. The lowest BCUT2D eigenvalue weighted by molar-refractivity contribution is 0.0595. The number of carbonyl (C=O) groups excluding carboxylic acids is 1. The molecule has 1 atom stereocenters. The average Bonchev–Trinajstić information content (AvgIpc) is 3.35. The molecule has 1 aliphatic heterocycles. The largest absolute Gasteiger partial charge is 0.448 e. The number of hydrogen-bond donors (Lipinski definition) is 2. The van der Waals surface area contributed by atoms with Gasteiger partial charge >= 0.3 is 6.09 Å². The number of aromatic amines is 1. The van der Waals surface area contributed by atoms with Crippen LogP contribution in [0.1, 0.15) is 30.9 Å².